The molecule has 0 radical (unpaired) electrons. The van der Waals surface area contributed by atoms with Gasteiger partial charge in [0, 0.05) is 18.0 Å². The maximum Gasteiger partial charge on any atom is 0.167 e. The Morgan fingerprint density at radius 3 is 2.83 bits per heavy atom. The average molecular weight is 407 g/mol. The van der Waals surface area contributed by atoms with Crippen LogP contribution in [0.4, 0.5) is 17.2 Å². The Labute approximate surface area is 173 Å². The minimum absolute atomic E-state index is 0. The summed E-state index contributed by atoms with van der Waals surface area (Å²) in [5.41, 5.74) is 8.07. The van der Waals surface area contributed by atoms with Gasteiger partial charge in [-0.25, -0.2) is 9.97 Å². The largest absolute Gasteiger partial charge is 0.396 e. The molecule has 10 nitrogen and oxygen atoms in total. The molecule has 0 aliphatic carbocycles. The number of aromatic nitrogens is 4. The zero-order valence-corrected chi connectivity index (χ0v) is 16.2. The van der Waals surface area contributed by atoms with E-state index in [9.17, 15) is 5.26 Å². The van der Waals surface area contributed by atoms with Gasteiger partial charge in [-0.3, -0.25) is 0 Å². The van der Waals surface area contributed by atoms with Gasteiger partial charge in [0.05, 0.1) is 54.2 Å². The normalized spacial score (nSPS) is 19.2. The number of hydrogen-bond acceptors (Lipinski definition) is 9. The monoisotopic (exact) mass is 407 g/mol. The molecule has 2 unspecified atom stereocenters. The summed E-state index contributed by atoms with van der Waals surface area (Å²) < 4.78 is 7.06. The number of hydrogen-bond donors (Lipinski definition) is 2. The van der Waals surface area contributed by atoms with E-state index < -0.39 is 0 Å². The predicted octanol–water partition coefficient (Wildman–Crippen LogP) is 0.905. The van der Waals surface area contributed by atoms with Crippen LogP contribution in [0.25, 0.3) is 16.9 Å². The first kappa shape index (κ1) is 18.8. The van der Waals surface area contributed by atoms with Crippen LogP contribution in [0.5, 0.6) is 0 Å². The Bertz CT molecular complexity index is 1180. The molecule has 2 atom stereocenters. The number of anilines is 3. The van der Waals surface area contributed by atoms with Gasteiger partial charge in [0.2, 0.25) is 0 Å². The topological polar surface area (TPSA) is 142 Å². The van der Waals surface area contributed by atoms with Crippen molar-refractivity contribution in [2.45, 2.75) is 12.1 Å². The van der Waals surface area contributed by atoms with Crippen molar-refractivity contribution in [3.05, 3.63) is 30.1 Å². The molecule has 11 heteroatoms. The first-order chi connectivity index (χ1) is 13.7. The zero-order chi connectivity index (χ0) is 19.3. The number of nitriles is 2. The SMILES string of the molecule is N#CCNc1cc(-n2ncc3cc(C#N)c(N4CC5OCC54)nc32)ncc1N.S. The van der Waals surface area contributed by atoms with Crippen LogP contribution in [0.15, 0.2) is 24.5 Å². The minimum atomic E-state index is 0. The van der Waals surface area contributed by atoms with Crippen molar-refractivity contribution in [3.8, 4) is 18.0 Å². The first-order valence-electron chi connectivity index (χ1n) is 8.73. The van der Waals surface area contributed by atoms with Gasteiger partial charge in [-0.05, 0) is 6.07 Å². The molecule has 0 saturated carbocycles. The van der Waals surface area contributed by atoms with E-state index in [1.54, 1.807) is 23.0 Å². The van der Waals surface area contributed by atoms with Gasteiger partial charge in [-0.2, -0.15) is 33.8 Å². The number of nitrogens with two attached hydrogens (primary N) is 1. The van der Waals surface area contributed by atoms with Crippen molar-refractivity contribution >= 4 is 41.7 Å². The molecule has 146 valence electrons. The molecule has 2 aliphatic heterocycles. The lowest BCUT2D eigenvalue weighted by molar-refractivity contribution is -0.113. The lowest BCUT2D eigenvalue weighted by Crippen LogP contribution is -2.71. The quantitative estimate of drug-likeness (QED) is 0.603. The Balaban J connectivity index is 0.00000205. The lowest BCUT2D eigenvalue weighted by atomic mass is 9.94. The fraction of sp³-hybridized carbons (Fsp3) is 0.278. The molecule has 3 aromatic heterocycles. The van der Waals surface area contributed by atoms with E-state index in [1.807, 2.05) is 6.07 Å². The highest BCUT2D eigenvalue weighted by Gasteiger charge is 2.48. The third-order valence-corrected chi connectivity index (χ3v) is 5.10. The molecule has 0 spiro atoms. The lowest BCUT2D eigenvalue weighted by Gasteiger charge is -2.55. The third-order valence-electron chi connectivity index (χ3n) is 5.10. The second-order valence-corrected chi connectivity index (χ2v) is 6.67. The van der Waals surface area contributed by atoms with Crippen LogP contribution in [0.3, 0.4) is 0 Å². The van der Waals surface area contributed by atoms with Crippen LogP contribution in [-0.2, 0) is 4.74 Å². The maximum atomic E-state index is 9.55. The van der Waals surface area contributed by atoms with Crippen molar-refractivity contribution in [3.63, 3.8) is 0 Å². The summed E-state index contributed by atoms with van der Waals surface area (Å²) in [5.74, 6) is 1.15. The fourth-order valence-electron chi connectivity index (χ4n) is 3.49. The summed E-state index contributed by atoms with van der Waals surface area (Å²) in [6.07, 6.45) is 3.40. The van der Waals surface area contributed by atoms with Gasteiger partial charge in [-0.15, -0.1) is 0 Å². The van der Waals surface area contributed by atoms with E-state index in [4.69, 9.17) is 20.7 Å². The molecule has 0 amide bonds. The van der Waals surface area contributed by atoms with Crippen LogP contribution >= 0.6 is 13.5 Å². The summed E-state index contributed by atoms with van der Waals surface area (Å²) in [6, 6.07) is 8.04. The van der Waals surface area contributed by atoms with Crippen LogP contribution in [-0.4, -0.2) is 51.6 Å². The fourth-order valence-corrected chi connectivity index (χ4v) is 3.49. The predicted molar refractivity (Wildman–Crippen MR) is 111 cm³/mol. The van der Waals surface area contributed by atoms with Crippen LogP contribution in [0, 0.1) is 22.7 Å². The number of nitrogen functional groups attached to an aromatic ring is 1. The highest BCUT2D eigenvalue weighted by molar-refractivity contribution is 7.59. The number of morpholine rings is 1. The standard InChI is InChI=1S/C18H15N9O.H2S/c19-1-2-22-13-4-16(23-7-12(13)21)27-18-11(6-24-27)3-10(5-20)17(25-18)26-8-15-14(26)9-28-15;/h3-4,6-7,14-15H,2,8-9,21H2,(H,22,23);1H2. The van der Waals surface area contributed by atoms with Crippen molar-refractivity contribution in [2.24, 2.45) is 0 Å². The minimum Gasteiger partial charge on any atom is -0.396 e. The van der Waals surface area contributed by atoms with Crippen molar-refractivity contribution in [1.82, 2.24) is 19.7 Å². The molecule has 3 aromatic rings. The van der Waals surface area contributed by atoms with Crippen molar-refractivity contribution in [1.29, 1.82) is 10.5 Å². The third kappa shape index (κ3) is 2.88. The highest BCUT2D eigenvalue weighted by Crippen LogP contribution is 2.36. The number of ether oxygens (including phenoxy) is 1. The van der Waals surface area contributed by atoms with Gasteiger partial charge < -0.3 is 20.7 Å². The van der Waals surface area contributed by atoms with Gasteiger partial charge >= 0.3 is 0 Å². The zero-order valence-electron chi connectivity index (χ0n) is 15.2. The summed E-state index contributed by atoms with van der Waals surface area (Å²) in [7, 11) is 0. The van der Waals surface area contributed by atoms with Crippen LogP contribution in [0.1, 0.15) is 5.56 Å². The molecule has 2 saturated heterocycles. The maximum absolute atomic E-state index is 9.55. The van der Waals surface area contributed by atoms with E-state index in [2.05, 4.69) is 26.4 Å². The van der Waals surface area contributed by atoms with Gasteiger partial charge in [0.25, 0.3) is 0 Å². The molecule has 3 N–H and O–H groups in total. The second-order valence-electron chi connectivity index (χ2n) is 6.67. The molecule has 5 heterocycles. The smallest absolute Gasteiger partial charge is 0.167 e. The first-order valence-corrected chi connectivity index (χ1v) is 8.73. The van der Waals surface area contributed by atoms with Gasteiger partial charge in [-0.1, -0.05) is 0 Å². The van der Waals surface area contributed by atoms with Crippen LogP contribution in [0.2, 0.25) is 0 Å². The number of fused-ring (bicyclic) bond motifs is 2. The molecule has 29 heavy (non-hydrogen) atoms. The summed E-state index contributed by atoms with van der Waals surface area (Å²) in [5, 5.41) is 26.4. The van der Waals surface area contributed by atoms with E-state index in [0.717, 1.165) is 11.9 Å². The Hall–Kier alpha value is -3.54. The van der Waals surface area contributed by atoms with Crippen molar-refractivity contribution in [2.75, 3.05) is 35.6 Å². The summed E-state index contributed by atoms with van der Waals surface area (Å²) in [4.78, 5) is 11.2. The molecule has 2 aliphatic rings. The summed E-state index contributed by atoms with van der Waals surface area (Å²) >= 11 is 0. The van der Waals surface area contributed by atoms with E-state index in [1.165, 1.54) is 6.20 Å². The molecular formula is C18H17N9OS. The second kappa shape index (κ2) is 7.13. The van der Waals surface area contributed by atoms with Crippen LogP contribution < -0.4 is 16.0 Å². The van der Waals surface area contributed by atoms with Crippen molar-refractivity contribution < 1.29 is 4.74 Å². The Morgan fingerprint density at radius 2 is 2.17 bits per heavy atom. The van der Waals surface area contributed by atoms with E-state index in [-0.39, 0.29) is 32.2 Å². The molecular weight excluding hydrogens is 390 g/mol. The highest BCUT2D eigenvalue weighted by atomic mass is 32.1. The summed E-state index contributed by atoms with van der Waals surface area (Å²) in [6.45, 7) is 1.51. The number of pyridine rings is 2. The number of rotatable bonds is 4. The van der Waals surface area contributed by atoms with Gasteiger partial charge in [0.15, 0.2) is 11.5 Å². The molecule has 0 bridgehead atoms. The molecule has 0 aromatic carbocycles. The Morgan fingerprint density at radius 1 is 1.31 bits per heavy atom. The van der Waals surface area contributed by atoms with E-state index >= 15 is 0 Å². The average Bonchev–Trinajstić information content (AvgIpc) is 3.11. The van der Waals surface area contributed by atoms with E-state index in [0.29, 0.717) is 40.8 Å². The number of nitrogens with zero attached hydrogens (tertiary/aromatic N) is 7. The molecule has 5 rings (SSSR count). The molecule has 2 fully saturated rings. The Kier molecular flexibility index (Phi) is 4.62. The van der Waals surface area contributed by atoms with Gasteiger partial charge in [0.1, 0.15) is 18.4 Å². The number of nitrogens with one attached hydrogen (secondary N) is 1.